The number of benzene rings is 3. The van der Waals surface area contributed by atoms with Crippen molar-refractivity contribution in [2.24, 2.45) is 5.73 Å². The summed E-state index contributed by atoms with van der Waals surface area (Å²) in [5, 5.41) is 8.20. The SMILES string of the molecule is CCOc1cc(C(=O)N(Cc2cccc3cn[nH]c23)C2CC(N)C2)ccc1-c1cccc(F)c1. The van der Waals surface area contributed by atoms with Gasteiger partial charge in [0.05, 0.1) is 18.3 Å². The fourth-order valence-corrected chi connectivity index (χ4v) is 4.59. The van der Waals surface area contributed by atoms with Gasteiger partial charge in [-0.1, -0.05) is 30.3 Å². The van der Waals surface area contributed by atoms with Crippen molar-refractivity contribution in [1.29, 1.82) is 0 Å². The molecule has 34 heavy (non-hydrogen) atoms. The van der Waals surface area contributed by atoms with E-state index in [2.05, 4.69) is 10.2 Å². The van der Waals surface area contributed by atoms with Crippen molar-refractivity contribution in [3.8, 4) is 16.9 Å². The van der Waals surface area contributed by atoms with Crippen molar-refractivity contribution in [3.63, 3.8) is 0 Å². The molecule has 4 aromatic rings. The predicted molar refractivity (Wildman–Crippen MR) is 130 cm³/mol. The molecule has 7 heteroatoms. The van der Waals surface area contributed by atoms with Crippen LogP contribution in [0.15, 0.2) is 66.9 Å². The minimum absolute atomic E-state index is 0.0686. The van der Waals surface area contributed by atoms with E-state index in [0.29, 0.717) is 30.0 Å². The van der Waals surface area contributed by atoms with Crippen molar-refractivity contribution in [3.05, 3.63) is 83.8 Å². The van der Waals surface area contributed by atoms with Crippen molar-refractivity contribution in [1.82, 2.24) is 15.1 Å². The van der Waals surface area contributed by atoms with Gasteiger partial charge in [0.15, 0.2) is 0 Å². The van der Waals surface area contributed by atoms with Crippen molar-refractivity contribution in [2.45, 2.75) is 38.4 Å². The number of carbonyl (C=O) groups is 1. The van der Waals surface area contributed by atoms with Gasteiger partial charge in [-0.15, -0.1) is 0 Å². The zero-order valence-electron chi connectivity index (χ0n) is 19.0. The Hall–Kier alpha value is -3.71. The first-order valence-electron chi connectivity index (χ1n) is 11.5. The van der Waals surface area contributed by atoms with Gasteiger partial charge in [0.1, 0.15) is 11.6 Å². The number of aromatic amines is 1. The largest absolute Gasteiger partial charge is 0.493 e. The fourth-order valence-electron chi connectivity index (χ4n) is 4.59. The summed E-state index contributed by atoms with van der Waals surface area (Å²) in [4.78, 5) is 15.7. The number of nitrogens with zero attached hydrogens (tertiary/aromatic N) is 2. The predicted octanol–water partition coefficient (Wildman–Crippen LogP) is 4.90. The van der Waals surface area contributed by atoms with Crippen LogP contribution in [0.2, 0.25) is 0 Å². The van der Waals surface area contributed by atoms with E-state index >= 15 is 0 Å². The Labute approximate surface area is 197 Å². The Bertz CT molecular complexity index is 1330. The van der Waals surface area contributed by atoms with Crippen LogP contribution in [-0.4, -0.2) is 39.7 Å². The third-order valence-corrected chi connectivity index (χ3v) is 6.42. The number of halogens is 1. The van der Waals surface area contributed by atoms with Gasteiger partial charge in [-0.05, 0) is 61.2 Å². The molecule has 1 saturated carbocycles. The normalized spacial score (nSPS) is 17.4. The van der Waals surface area contributed by atoms with Crippen LogP contribution in [0.25, 0.3) is 22.0 Å². The summed E-state index contributed by atoms with van der Waals surface area (Å²) < 4.78 is 19.7. The summed E-state index contributed by atoms with van der Waals surface area (Å²) >= 11 is 0. The van der Waals surface area contributed by atoms with Gasteiger partial charge in [0, 0.05) is 35.1 Å². The van der Waals surface area contributed by atoms with Gasteiger partial charge in [-0.2, -0.15) is 5.10 Å². The van der Waals surface area contributed by atoms with Crippen LogP contribution in [-0.2, 0) is 6.54 Å². The Balaban J connectivity index is 1.49. The highest BCUT2D eigenvalue weighted by atomic mass is 19.1. The van der Waals surface area contributed by atoms with Crippen molar-refractivity contribution >= 4 is 16.8 Å². The maximum atomic E-state index is 13.8. The van der Waals surface area contributed by atoms with E-state index in [4.69, 9.17) is 10.5 Å². The highest BCUT2D eigenvalue weighted by Gasteiger charge is 2.35. The number of amides is 1. The molecule has 3 N–H and O–H groups in total. The molecule has 1 fully saturated rings. The minimum Gasteiger partial charge on any atom is -0.493 e. The maximum Gasteiger partial charge on any atom is 0.254 e. The van der Waals surface area contributed by atoms with Gasteiger partial charge in [0.25, 0.3) is 5.91 Å². The van der Waals surface area contributed by atoms with E-state index in [1.54, 1.807) is 24.4 Å². The first kappa shape index (κ1) is 22.1. The molecule has 0 radical (unpaired) electrons. The summed E-state index contributed by atoms with van der Waals surface area (Å²) in [5.41, 5.74) is 9.98. The summed E-state index contributed by atoms with van der Waals surface area (Å²) in [5.74, 6) is 0.153. The molecule has 6 nitrogen and oxygen atoms in total. The number of aromatic nitrogens is 2. The van der Waals surface area contributed by atoms with Gasteiger partial charge in [-0.25, -0.2) is 4.39 Å². The van der Waals surface area contributed by atoms with E-state index in [9.17, 15) is 9.18 Å². The van der Waals surface area contributed by atoms with E-state index in [-0.39, 0.29) is 23.8 Å². The molecular formula is C27H27FN4O2. The Morgan fingerprint density at radius 1 is 1.18 bits per heavy atom. The standard InChI is InChI=1S/C27H27FN4O2/c1-2-34-25-12-18(9-10-24(25)17-5-4-8-21(28)11-17)27(33)32(23-13-22(29)14-23)16-20-7-3-6-19-15-30-31-26(19)20/h3-12,15,22-23H,2,13-14,16,29H2,1H3,(H,30,31). The van der Waals surface area contributed by atoms with Crippen LogP contribution in [0, 0.1) is 5.82 Å². The molecule has 1 aromatic heterocycles. The highest BCUT2D eigenvalue weighted by Crippen LogP contribution is 2.34. The second kappa shape index (κ2) is 9.27. The van der Waals surface area contributed by atoms with Crippen LogP contribution in [0.5, 0.6) is 5.75 Å². The average molecular weight is 459 g/mol. The van der Waals surface area contributed by atoms with Gasteiger partial charge in [0.2, 0.25) is 0 Å². The number of nitrogens with one attached hydrogen (secondary N) is 1. The second-order valence-electron chi connectivity index (χ2n) is 8.72. The maximum absolute atomic E-state index is 13.8. The number of H-pyrrole nitrogens is 1. The molecule has 0 bridgehead atoms. The Morgan fingerprint density at radius 2 is 2.00 bits per heavy atom. The van der Waals surface area contributed by atoms with E-state index in [1.165, 1.54) is 12.1 Å². The molecule has 0 saturated heterocycles. The number of fused-ring (bicyclic) bond motifs is 1. The number of hydrogen-bond donors (Lipinski definition) is 2. The van der Waals surface area contributed by atoms with Gasteiger partial charge in [-0.3, -0.25) is 9.89 Å². The third-order valence-electron chi connectivity index (χ3n) is 6.42. The summed E-state index contributed by atoms with van der Waals surface area (Å²) in [6, 6.07) is 17.9. The monoisotopic (exact) mass is 458 g/mol. The lowest BCUT2D eigenvalue weighted by Gasteiger charge is -2.41. The fraction of sp³-hybridized carbons (Fsp3) is 0.259. The summed E-state index contributed by atoms with van der Waals surface area (Å²) in [6.45, 7) is 2.77. The van der Waals surface area contributed by atoms with Crippen molar-refractivity contribution in [2.75, 3.05) is 6.61 Å². The molecule has 3 aromatic carbocycles. The highest BCUT2D eigenvalue weighted by molar-refractivity contribution is 5.96. The Morgan fingerprint density at radius 3 is 2.76 bits per heavy atom. The average Bonchev–Trinajstić information content (AvgIpc) is 3.30. The zero-order valence-corrected chi connectivity index (χ0v) is 19.0. The molecule has 0 aliphatic heterocycles. The van der Waals surface area contributed by atoms with Crippen LogP contribution < -0.4 is 10.5 Å². The molecule has 1 heterocycles. The molecule has 0 unspecified atom stereocenters. The van der Waals surface area contributed by atoms with E-state index in [0.717, 1.165) is 34.9 Å². The summed E-state index contributed by atoms with van der Waals surface area (Å²) in [6.07, 6.45) is 3.32. The number of carbonyl (C=O) groups excluding carboxylic acids is 1. The lowest BCUT2D eigenvalue weighted by Crippen LogP contribution is -2.52. The van der Waals surface area contributed by atoms with E-state index in [1.807, 2.05) is 42.2 Å². The molecule has 1 aliphatic carbocycles. The zero-order chi connectivity index (χ0) is 23.7. The van der Waals surface area contributed by atoms with Crippen molar-refractivity contribution < 1.29 is 13.9 Å². The molecular weight excluding hydrogens is 431 g/mol. The second-order valence-corrected chi connectivity index (χ2v) is 8.72. The number of ether oxygens (including phenoxy) is 1. The lowest BCUT2D eigenvalue weighted by molar-refractivity contribution is 0.0524. The molecule has 1 amide bonds. The van der Waals surface area contributed by atoms with Crippen LogP contribution in [0.1, 0.15) is 35.7 Å². The number of hydrogen-bond acceptors (Lipinski definition) is 4. The smallest absolute Gasteiger partial charge is 0.254 e. The molecule has 0 spiro atoms. The van der Waals surface area contributed by atoms with Gasteiger partial charge >= 0.3 is 0 Å². The topological polar surface area (TPSA) is 84.2 Å². The van der Waals surface area contributed by atoms with Crippen LogP contribution >= 0.6 is 0 Å². The Kier molecular flexibility index (Phi) is 6.02. The van der Waals surface area contributed by atoms with Crippen LogP contribution in [0.3, 0.4) is 0 Å². The third kappa shape index (κ3) is 4.26. The van der Waals surface area contributed by atoms with Gasteiger partial charge < -0.3 is 15.4 Å². The minimum atomic E-state index is -0.319. The molecule has 0 atom stereocenters. The lowest BCUT2D eigenvalue weighted by atomic mass is 9.85. The first-order chi connectivity index (χ1) is 16.5. The molecule has 174 valence electrons. The summed E-state index contributed by atoms with van der Waals surface area (Å²) in [7, 11) is 0. The number of rotatable bonds is 7. The number of nitrogens with two attached hydrogens (primary N) is 1. The first-order valence-corrected chi connectivity index (χ1v) is 11.5. The van der Waals surface area contributed by atoms with E-state index < -0.39 is 0 Å². The molecule has 5 rings (SSSR count). The molecule has 1 aliphatic rings. The van der Waals surface area contributed by atoms with Crippen LogP contribution in [0.4, 0.5) is 4.39 Å². The number of para-hydroxylation sites is 1. The quantitative estimate of drug-likeness (QED) is 0.413.